The molecule has 0 unspecified atom stereocenters. The average molecular weight is 350 g/mol. The summed E-state index contributed by atoms with van der Waals surface area (Å²) in [6, 6.07) is 7.97. The Bertz CT molecular complexity index is 661. The van der Waals surface area contributed by atoms with E-state index in [9.17, 15) is 0 Å². The Hall–Kier alpha value is -1.95. The minimum atomic E-state index is 0.276. The molecule has 2 heterocycles. The van der Waals surface area contributed by atoms with Gasteiger partial charge in [0.05, 0.1) is 10.2 Å². The lowest BCUT2D eigenvalue weighted by molar-refractivity contribution is 0.173. The predicted octanol–water partition coefficient (Wildman–Crippen LogP) is 3.25. The van der Waals surface area contributed by atoms with Gasteiger partial charge in [0.1, 0.15) is 0 Å². The second-order valence-electron chi connectivity index (χ2n) is 4.93. The van der Waals surface area contributed by atoms with Crippen molar-refractivity contribution in [2.45, 2.75) is 6.54 Å². The molecule has 0 atom stereocenters. The molecule has 0 spiro atoms. The Morgan fingerprint density at radius 2 is 2.19 bits per heavy atom. The average Bonchev–Trinajstić information content (AvgIpc) is 2.94. The van der Waals surface area contributed by atoms with E-state index in [2.05, 4.69) is 26.2 Å². The molecule has 0 saturated carbocycles. The maximum Gasteiger partial charge on any atom is 0.231 e. The van der Waals surface area contributed by atoms with Gasteiger partial charge in [-0.05, 0) is 45.8 Å². The van der Waals surface area contributed by atoms with Crippen LogP contribution in [0.5, 0.6) is 11.5 Å². The van der Waals surface area contributed by atoms with Crippen molar-refractivity contribution in [1.82, 2.24) is 4.98 Å². The number of benzene rings is 1. The smallest absolute Gasteiger partial charge is 0.231 e. The zero-order chi connectivity index (χ0) is 14.8. The molecule has 0 saturated heterocycles. The first-order valence-corrected chi connectivity index (χ1v) is 7.38. The van der Waals surface area contributed by atoms with Crippen LogP contribution in [0.2, 0.25) is 0 Å². The molecule has 2 aromatic rings. The van der Waals surface area contributed by atoms with Crippen molar-refractivity contribution in [2.75, 3.05) is 31.1 Å². The number of ether oxygens (including phenoxy) is 2. The maximum absolute atomic E-state index is 5.43. The first-order valence-electron chi connectivity index (χ1n) is 6.59. The van der Waals surface area contributed by atoms with E-state index in [-0.39, 0.29) is 6.79 Å². The standard InChI is InChI=1S/C15H16BrN3O2/c1-19(2)15-12(4-3-5-17-15)18-8-10-6-11(16)14-13(7-10)20-9-21-14/h3-7,18H,8-9H2,1-2H3. The van der Waals surface area contributed by atoms with Gasteiger partial charge >= 0.3 is 0 Å². The van der Waals surface area contributed by atoms with Crippen LogP contribution in [-0.4, -0.2) is 25.9 Å². The van der Waals surface area contributed by atoms with Gasteiger partial charge in [0.2, 0.25) is 6.79 Å². The summed E-state index contributed by atoms with van der Waals surface area (Å²) < 4.78 is 11.7. The number of aromatic nitrogens is 1. The Balaban J connectivity index is 1.78. The molecule has 1 aromatic carbocycles. The number of nitrogens with one attached hydrogen (secondary N) is 1. The summed E-state index contributed by atoms with van der Waals surface area (Å²) in [4.78, 5) is 6.36. The topological polar surface area (TPSA) is 46.6 Å². The van der Waals surface area contributed by atoms with Gasteiger partial charge in [0.25, 0.3) is 0 Å². The van der Waals surface area contributed by atoms with Crippen molar-refractivity contribution in [3.63, 3.8) is 0 Å². The van der Waals surface area contributed by atoms with E-state index in [1.54, 1.807) is 6.20 Å². The Kier molecular flexibility index (Phi) is 3.88. The van der Waals surface area contributed by atoms with E-state index < -0.39 is 0 Å². The van der Waals surface area contributed by atoms with Crippen LogP contribution in [0.25, 0.3) is 0 Å². The summed E-state index contributed by atoms with van der Waals surface area (Å²) in [6.45, 7) is 0.958. The lowest BCUT2D eigenvalue weighted by atomic mass is 10.2. The number of rotatable bonds is 4. The van der Waals surface area contributed by atoms with E-state index in [1.807, 2.05) is 43.3 Å². The summed E-state index contributed by atoms with van der Waals surface area (Å²) in [5, 5.41) is 3.41. The van der Waals surface area contributed by atoms with E-state index in [1.165, 1.54) is 0 Å². The van der Waals surface area contributed by atoms with E-state index in [4.69, 9.17) is 9.47 Å². The molecule has 0 bridgehead atoms. The van der Waals surface area contributed by atoms with Crippen molar-refractivity contribution in [3.05, 3.63) is 40.5 Å². The van der Waals surface area contributed by atoms with Crippen LogP contribution < -0.4 is 19.7 Å². The van der Waals surface area contributed by atoms with E-state index in [0.29, 0.717) is 6.54 Å². The highest BCUT2D eigenvalue weighted by Gasteiger charge is 2.18. The maximum atomic E-state index is 5.43. The largest absolute Gasteiger partial charge is 0.454 e. The lowest BCUT2D eigenvalue weighted by Crippen LogP contribution is -2.13. The lowest BCUT2D eigenvalue weighted by Gasteiger charge is -2.17. The molecule has 0 fully saturated rings. The summed E-state index contributed by atoms with van der Waals surface area (Å²) in [5.74, 6) is 2.46. The molecule has 0 radical (unpaired) electrons. The van der Waals surface area contributed by atoms with Crippen molar-refractivity contribution in [2.24, 2.45) is 0 Å². The van der Waals surface area contributed by atoms with Crippen LogP contribution in [0.15, 0.2) is 34.9 Å². The fourth-order valence-corrected chi connectivity index (χ4v) is 2.82. The SMILES string of the molecule is CN(C)c1ncccc1NCc1cc(Br)c2c(c1)OCO2. The first kappa shape index (κ1) is 14.0. The molecule has 1 aliphatic rings. The molecule has 3 rings (SSSR count). The van der Waals surface area contributed by atoms with Crippen molar-refractivity contribution < 1.29 is 9.47 Å². The second kappa shape index (κ2) is 5.81. The molecule has 1 N–H and O–H groups in total. The van der Waals surface area contributed by atoms with Crippen LogP contribution in [0.4, 0.5) is 11.5 Å². The Labute approximate surface area is 132 Å². The monoisotopic (exact) mass is 349 g/mol. The van der Waals surface area contributed by atoms with Gasteiger partial charge in [0.15, 0.2) is 17.3 Å². The molecule has 1 aromatic heterocycles. The number of nitrogens with zero attached hydrogens (tertiary/aromatic N) is 2. The number of hydrogen-bond donors (Lipinski definition) is 1. The van der Waals surface area contributed by atoms with Crippen molar-refractivity contribution in [3.8, 4) is 11.5 Å². The third-order valence-corrected chi connectivity index (χ3v) is 3.77. The summed E-state index contributed by atoms with van der Waals surface area (Å²) in [7, 11) is 3.95. The fraction of sp³-hybridized carbons (Fsp3) is 0.267. The van der Waals surface area contributed by atoms with Gasteiger partial charge in [-0.25, -0.2) is 4.98 Å². The molecule has 0 amide bonds. The highest BCUT2D eigenvalue weighted by atomic mass is 79.9. The molecule has 5 nitrogen and oxygen atoms in total. The molecule has 1 aliphatic heterocycles. The zero-order valence-corrected chi connectivity index (χ0v) is 13.5. The molecule has 110 valence electrons. The van der Waals surface area contributed by atoms with E-state index in [0.717, 1.165) is 33.0 Å². The normalized spacial score (nSPS) is 12.3. The second-order valence-corrected chi connectivity index (χ2v) is 5.79. The van der Waals surface area contributed by atoms with Gasteiger partial charge < -0.3 is 19.7 Å². The van der Waals surface area contributed by atoms with Gasteiger partial charge in [-0.15, -0.1) is 0 Å². The Morgan fingerprint density at radius 1 is 1.33 bits per heavy atom. The fourth-order valence-electron chi connectivity index (χ4n) is 2.21. The van der Waals surface area contributed by atoms with Gasteiger partial charge in [-0.3, -0.25) is 0 Å². The molecular formula is C15H16BrN3O2. The molecule has 0 aliphatic carbocycles. The van der Waals surface area contributed by atoms with Gasteiger partial charge in [0, 0.05) is 26.8 Å². The highest BCUT2D eigenvalue weighted by Crippen LogP contribution is 2.40. The summed E-state index contributed by atoms with van der Waals surface area (Å²) >= 11 is 3.51. The third kappa shape index (κ3) is 2.90. The van der Waals surface area contributed by atoms with Crippen molar-refractivity contribution in [1.29, 1.82) is 0 Å². The number of hydrogen-bond acceptors (Lipinski definition) is 5. The summed E-state index contributed by atoms with van der Waals surface area (Å²) in [5.41, 5.74) is 2.11. The number of fused-ring (bicyclic) bond motifs is 1. The number of anilines is 2. The molecule has 6 heteroatoms. The highest BCUT2D eigenvalue weighted by molar-refractivity contribution is 9.10. The van der Waals surface area contributed by atoms with Crippen molar-refractivity contribution >= 4 is 27.4 Å². The van der Waals surface area contributed by atoms with E-state index >= 15 is 0 Å². The predicted molar refractivity (Wildman–Crippen MR) is 86.2 cm³/mol. The van der Waals surface area contributed by atoms with Crippen LogP contribution in [0, 0.1) is 0 Å². The van der Waals surface area contributed by atoms with Crippen LogP contribution in [0.3, 0.4) is 0 Å². The van der Waals surface area contributed by atoms with Crippen LogP contribution in [0.1, 0.15) is 5.56 Å². The molecular weight excluding hydrogens is 334 g/mol. The first-order chi connectivity index (χ1) is 10.1. The number of pyridine rings is 1. The van der Waals surface area contributed by atoms with Gasteiger partial charge in [-0.2, -0.15) is 0 Å². The summed E-state index contributed by atoms with van der Waals surface area (Å²) in [6.07, 6.45) is 1.79. The van der Waals surface area contributed by atoms with Crippen LogP contribution in [-0.2, 0) is 6.54 Å². The minimum absolute atomic E-state index is 0.276. The van der Waals surface area contributed by atoms with Gasteiger partial charge in [-0.1, -0.05) is 0 Å². The van der Waals surface area contributed by atoms with Crippen LogP contribution >= 0.6 is 15.9 Å². The Morgan fingerprint density at radius 3 is 3.00 bits per heavy atom. The molecule has 21 heavy (non-hydrogen) atoms. The third-order valence-electron chi connectivity index (χ3n) is 3.18. The number of halogens is 1. The zero-order valence-electron chi connectivity index (χ0n) is 11.9. The minimum Gasteiger partial charge on any atom is -0.454 e. The quantitative estimate of drug-likeness (QED) is 0.917.